The van der Waals surface area contributed by atoms with Crippen LogP contribution in [0.3, 0.4) is 0 Å². The van der Waals surface area contributed by atoms with E-state index in [-0.39, 0.29) is 24.5 Å². The number of hydrogen-bond acceptors (Lipinski definition) is 6. The Kier molecular flexibility index (Phi) is 9.41. The molecular weight excluding hydrogens is 534 g/mol. The van der Waals surface area contributed by atoms with Crippen LogP contribution in [-0.2, 0) is 9.59 Å². The number of hydrogen-bond donors (Lipinski definition) is 1. The zero-order valence-corrected chi connectivity index (χ0v) is 24.2. The van der Waals surface area contributed by atoms with E-state index in [1.807, 2.05) is 90.7 Å². The number of nitrogens with zero attached hydrogens (tertiary/aromatic N) is 2. The molecule has 0 bridgehead atoms. The molecule has 3 aromatic carbocycles. The lowest BCUT2D eigenvalue weighted by molar-refractivity contribution is -0.125. The Hall–Kier alpha value is -4.04. The molecule has 7 nitrogen and oxygen atoms in total. The van der Waals surface area contributed by atoms with Gasteiger partial charge in [-0.1, -0.05) is 62.2 Å². The summed E-state index contributed by atoms with van der Waals surface area (Å²) in [6.07, 6.45) is 6.29. The van der Waals surface area contributed by atoms with Crippen molar-refractivity contribution in [2.45, 2.75) is 45.6 Å². The minimum atomic E-state index is -0.264. The number of ether oxygens (including phenoxy) is 2. The highest BCUT2D eigenvalue weighted by atomic mass is 32.2. The lowest BCUT2D eigenvalue weighted by atomic mass is 9.85. The maximum absolute atomic E-state index is 13.8. The zero-order chi connectivity index (χ0) is 28.6. The number of amidine groups is 1. The smallest absolute Gasteiger partial charge is 0.267 e. The van der Waals surface area contributed by atoms with Gasteiger partial charge in [-0.2, -0.15) is 0 Å². The monoisotopic (exact) mass is 569 g/mol. The van der Waals surface area contributed by atoms with Gasteiger partial charge in [0.25, 0.3) is 11.8 Å². The second kappa shape index (κ2) is 13.5. The number of anilines is 1. The molecule has 1 heterocycles. The molecule has 3 aromatic rings. The molecule has 0 unspecified atom stereocenters. The predicted octanol–water partition coefficient (Wildman–Crippen LogP) is 7.29. The zero-order valence-electron chi connectivity index (χ0n) is 23.4. The molecule has 2 fully saturated rings. The third-order valence-corrected chi connectivity index (χ3v) is 8.18. The molecule has 2 atom stereocenters. The van der Waals surface area contributed by atoms with E-state index in [2.05, 4.69) is 12.2 Å². The van der Waals surface area contributed by atoms with Crippen molar-refractivity contribution in [2.24, 2.45) is 10.9 Å². The number of para-hydroxylation sites is 2. The van der Waals surface area contributed by atoms with Crippen molar-refractivity contribution in [3.8, 4) is 11.5 Å². The van der Waals surface area contributed by atoms with Gasteiger partial charge < -0.3 is 14.8 Å². The minimum absolute atomic E-state index is 0.0145. The molecule has 1 N–H and O–H groups in total. The molecule has 0 spiro atoms. The summed E-state index contributed by atoms with van der Waals surface area (Å²) in [5.74, 6) is 1.11. The Labute approximate surface area is 245 Å². The van der Waals surface area contributed by atoms with E-state index in [1.54, 1.807) is 6.07 Å². The third kappa shape index (κ3) is 7.19. The molecule has 1 aliphatic heterocycles. The van der Waals surface area contributed by atoms with Crippen LogP contribution in [0.15, 0.2) is 88.8 Å². The Morgan fingerprint density at radius 3 is 2.46 bits per heavy atom. The van der Waals surface area contributed by atoms with E-state index in [0.29, 0.717) is 34.6 Å². The fourth-order valence-electron chi connectivity index (χ4n) is 5.17. The highest BCUT2D eigenvalue weighted by Crippen LogP contribution is 2.40. The van der Waals surface area contributed by atoms with Crippen molar-refractivity contribution in [1.82, 2.24) is 4.90 Å². The van der Waals surface area contributed by atoms with Crippen LogP contribution >= 0.6 is 11.8 Å². The van der Waals surface area contributed by atoms with E-state index in [0.717, 1.165) is 35.7 Å². The fourth-order valence-corrected chi connectivity index (χ4v) is 6.21. The normalized spacial score (nSPS) is 20.8. The molecule has 5 rings (SSSR count). The van der Waals surface area contributed by atoms with Crippen molar-refractivity contribution in [3.05, 3.63) is 89.3 Å². The molecule has 1 saturated heterocycles. The van der Waals surface area contributed by atoms with Crippen LogP contribution in [0.1, 0.15) is 45.1 Å². The van der Waals surface area contributed by atoms with Crippen LogP contribution in [0, 0.1) is 5.92 Å². The molecule has 0 radical (unpaired) electrons. The van der Waals surface area contributed by atoms with Gasteiger partial charge in [-0.25, -0.2) is 4.99 Å². The maximum Gasteiger partial charge on any atom is 0.267 e. The maximum atomic E-state index is 13.8. The number of aliphatic imine (C=N–C) groups is 1. The molecule has 1 aliphatic carbocycles. The van der Waals surface area contributed by atoms with Crippen LogP contribution in [0.4, 0.5) is 11.4 Å². The summed E-state index contributed by atoms with van der Waals surface area (Å²) in [6, 6.07) is 24.6. The first-order valence-electron chi connectivity index (χ1n) is 14.1. The van der Waals surface area contributed by atoms with Crippen molar-refractivity contribution < 1.29 is 19.1 Å². The number of nitrogens with one attached hydrogen (secondary N) is 1. The molecular formula is C33H35N3O4S. The van der Waals surface area contributed by atoms with Gasteiger partial charge in [-0.3, -0.25) is 14.5 Å². The van der Waals surface area contributed by atoms with E-state index in [1.165, 1.54) is 18.2 Å². The van der Waals surface area contributed by atoms with Crippen molar-refractivity contribution >= 4 is 46.2 Å². The van der Waals surface area contributed by atoms with E-state index in [4.69, 9.17) is 14.5 Å². The fraction of sp³-hybridized carbons (Fsp3) is 0.303. The second-order valence-electron chi connectivity index (χ2n) is 10.2. The van der Waals surface area contributed by atoms with Crippen LogP contribution in [0.25, 0.3) is 6.08 Å². The highest BCUT2D eigenvalue weighted by molar-refractivity contribution is 8.18. The second-order valence-corrected chi connectivity index (χ2v) is 11.2. The Morgan fingerprint density at radius 1 is 1.00 bits per heavy atom. The molecule has 0 aromatic heterocycles. The van der Waals surface area contributed by atoms with Crippen LogP contribution in [0.5, 0.6) is 11.5 Å². The van der Waals surface area contributed by atoms with Gasteiger partial charge in [0.15, 0.2) is 23.3 Å². The summed E-state index contributed by atoms with van der Waals surface area (Å²) in [5, 5.41) is 3.54. The molecule has 212 valence electrons. The molecule has 8 heteroatoms. The number of carbonyl (C=O) groups excluding carboxylic acids is 2. The van der Waals surface area contributed by atoms with Crippen molar-refractivity contribution in [2.75, 3.05) is 18.5 Å². The number of benzene rings is 3. The average Bonchev–Trinajstić information content (AvgIpc) is 3.27. The molecule has 2 amide bonds. The molecule has 2 aliphatic rings. The Bertz CT molecular complexity index is 1420. The van der Waals surface area contributed by atoms with Gasteiger partial charge in [0, 0.05) is 11.7 Å². The average molecular weight is 570 g/mol. The van der Waals surface area contributed by atoms with Gasteiger partial charge in [-0.05, 0) is 85.5 Å². The standard InChI is InChI=1S/C33H35N3O4S/c1-3-39-29-20-24(18-19-28(29)40-22-31(37)34-25-13-6-4-7-14-25)21-30-32(38)36(27-17-11-10-12-23(27)2)33(41-30)35-26-15-8-5-9-16-26/h4-9,13-16,18-21,23,27H,3,10-12,17,22H2,1-2H3,(H,34,37)/b30-21-,35-33?/t23-,27+/m1/s1. The van der Waals surface area contributed by atoms with E-state index >= 15 is 0 Å². The SMILES string of the molecule is CCOc1cc(/C=C2\SC(=Nc3ccccc3)N([C@H]3CCCC[C@H]3C)C2=O)ccc1OCC(=O)Nc1ccccc1. The van der Waals surface area contributed by atoms with Gasteiger partial charge in [0.05, 0.1) is 17.2 Å². The van der Waals surface area contributed by atoms with Gasteiger partial charge in [0.1, 0.15) is 0 Å². The van der Waals surface area contributed by atoms with E-state index in [9.17, 15) is 9.59 Å². The van der Waals surface area contributed by atoms with Crippen molar-refractivity contribution in [3.63, 3.8) is 0 Å². The van der Waals surface area contributed by atoms with Crippen LogP contribution in [-0.4, -0.2) is 41.1 Å². The van der Waals surface area contributed by atoms with Crippen LogP contribution in [0.2, 0.25) is 0 Å². The topological polar surface area (TPSA) is 80.2 Å². The number of amides is 2. The van der Waals surface area contributed by atoms with Gasteiger partial charge in [0.2, 0.25) is 0 Å². The third-order valence-electron chi connectivity index (χ3n) is 7.20. The highest BCUT2D eigenvalue weighted by Gasteiger charge is 2.41. The predicted molar refractivity (Wildman–Crippen MR) is 166 cm³/mol. The van der Waals surface area contributed by atoms with Gasteiger partial charge in [-0.15, -0.1) is 0 Å². The van der Waals surface area contributed by atoms with Crippen LogP contribution < -0.4 is 14.8 Å². The summed E-state index contributed by atoms with van der Waals surface area (Å²) in [4.78, 5) is 33.6. The number of thioether (sulfide) groups is 1. The Balaban J connectivity index is 1.37. The molecule has 41 heavy (non-hydrogen) atoms. The van der Waals surface area contributed by atoms with E-state index < -0.39 is 0 Å². The number of carbonyl (C=O) groups is 2. The summed E-state index contributed by atoms with van der Waals surface area (Å²) in [7, 11) is 0. The first-order chi connectivity index (χ1) is 20.0. The summed E-state index contributed by atoms with van der Waals surface area (Å²) in [5.41, 5.74) is 2.34. The summed E-state index contributed by atoms with van der Waals surface area (Å²) >= 11 is 1.41. The minimum Gasteiger partial charge on any atom is -0.490 e. The largest absolute Gasteiger partial charge is 0.490 e. The van der Waals surface area contributed by atoms with Gasteiger partial charge >= 0.3 is 0 Å². The summed E-state index contributed by atoms with van der Waals surface area (Å²) in [6.45, 7) is 4.40. The lowest BCUT2D eigenvalue weighted by Crippen LogP contribution is -2.44. The lowest BCUT2D eigenvalue weighted by Gasteiger charge is -2.35. The number of rotatable bonds is 9. The first-order valence-corrected chi connectivity index (χ1v) is 14.9. The first kappa shape index (κ1) is 28.5. The van der Waals surface area contributed by atoms with Crippen molar-refractivity contribution in [1.29, 1.82) is 0 Å². The molecule has 1 saturated carbocycles. The quantitative estimate of drug-likeness (QED) is 0.274. The Morgan fingerprint density at radius 2 is 1.73 bits per heavy atom. The summed E-state index contributed by atoms with van der Waals surface area (Å²) < 4.78 is 11.6.